The predicted molar refractivity (Wildman–Crippen MR) is 69.2 cm³/mol. The van der Waals surface area contributed by atoms with E-state index in [4.69, 9.17) is 0 Å². The Kier molecular flexibility index (Phi) is 4.61. The summed E-state index contributed by atoms with van der Waals surface area (Å²) in [4.78, 5) is 16.4. The van der Waals surface area contributed by atoms with E-state index >= 15 is 0 Å². The topological polar surface area (TPSA) is 23.6 Å². The summed E-state index contributed by atoms with van der Waals surface area (Å²) in [6, 6.07) is 3.31. The van der Waals surface area contributed by atoms with Gasteiger partial charge in [-0.25, -0.2) is 8.78 Å². The molecule has 0 radical (unpaired) electrons. The summed E-state index contributed by atoms with van der Waals surface area (Å²) in [6.45, 7) is 4.56. The SMILES string of the molecule is CN1CCN(CCC(=O)c2ccc(F)c(F)c2)CC1. The number of hydrogen-bond donors (Lipinski definition) is 0. The van der Waals surface area contributed by atoms with Gasteiger partial charge in [0.2, 0.25) is 0 Å². The van der Waals surface area contributed by atoms with E-state index in [-0.39, 0.29) is 11.3 Å². The molecular weight excluding hydrogens is 250 g/mol. The Morgan fingerprint density at radius 3 is 2.47 bits per heavy atom. The molecule has 1 aromatic carbocycles. The van der Waals surface area contributed by atoms with Crippen LogP contribution < -0.4 is 0 Å². The van der Waals surface area contributed by atoms with E-state index in [1.807, 2.05) is 0 Å². The maximum absolute atomic E-state index is 13.0. The molecule has 0 unspecified atom stereocenters. The molecule has 19 heavy (non-hydrogen) atoms. The van der Waals surface area contributed by atoms with Crippen LogP contribution in [0.1, 0.15) is 16.8 Å². The number of rotatable bonds is 4. The Bertz CT molecular complexity index is 457. The highest BCUT2D eigenvalue weighted by atomic mass is 19.2. The fraction of sp³-hybridized carbons (Fsp3) is 0.500. The number of hydrogen-bond acceptors (Lipinski definition) is 3. The molecule has 1 heterocycles. The first-order valence-corrected chi connectivity index (χ1v) is 6.45. The Morgan fingerprint density at radius 2 is 1.84 bits per heavy atom. The minimum atomic E-state index is -0.967. The third-order valence-corrected chi connectivity index (χ3v) is 3.49. The van der Waals surface area contributed by atoms with E-state index in [2.05, 4.69) is 16.8 Å². The first kappa shape index (κ1) is 14.1. The van der Waals surface area contributed by atoms with Gasteiger partial charge in [0.25, 0.3) is 0 Å². The number of carbonyl (C=O) groups is 1. The largest absolute Gasteiger partial charge is 0.304 e. The highest BCUT2D eigenvalue weighted by Gasteiger charge is 2.16. The molecule has 5 heteroatoms. The normalized spacial score (nSPS) is 17.6. The van der Waals surface area contributed by atoms with Crippen LogP contribution in [0.5, 0.6) is 0 Å². The fourth-order valence-corrected chi connectivity index (χ4v) is 2.15. The lowest BCUT2D eigenvalue weighted by molar-refractivity contribution is 0.0941. The molecule has 0 atom stereocenters. The lowest BCUT2D eigenvalue weighted by atomic mass is 10.1. The summed E-state index contributed by atoms with van der Waals surface area (Å²) in [5.41, 5.74) is 0.244. The standard InChI is InChI=1S/C14H18F2N2O/c1-17-6-8-18(9-7-17)5-4-14(19)11-2-3-12(15)13(16)10-11/h2-3,10H,4-9H2,1H3. The average molecular weight is 268 g/mol. The molecule has 1 saturated heterocycles. The molecule has 0 bridgehead atoms. The van der Waals surface area contributed by atoms with Crippen LogP contribution in [0.25, 0.3) is 0 Å². The van der Waals surface area contributed by atoms with Crippen molar-refractivity contribution in [2.45, 2.75) is 6.42 Å². The van der Waals surface area contributed by atoms with Crippen LogP contribution >= 0.6 is 0 Å². The number of nitrogens with zero attached hydrogens (tertiary/aromatic N) is 2. The molecule has 1 aromatic rings. The zero-order valence-electron chi connectivity index (χ0n) is 11.0. The van der Waals surface area contributed by atoms with Crippen LogP contribution in [-0.2, 0) is 0 Å². The van der Waals surface area contributed by atoms with E-state index in [9.17, 15) is 13.6 Å². The molecule has 0 amide bonds. The van der Waals surface area contributed by atoms with Crippen LogP contribution in [0, 0.1) is 11.6 Å². The van der Waals surface area contributed by atoms with Crippen molar-refractivity contribution in [3.8, 4) is 0 Å². The van der Waals surface area contributed by atoms with Crippen LogP contribution in [0.15, 0.2) is 18.2 Å². The molecular formula is C14H18F2N2O. The van der Waals surface area contributed by atoms with Gasteiger partial charge in [-0.2, -0.15) is 0 Å². The van der Waals surface area contributed by atoms with Gasteiger partial charge in [-0.1, -0.05) is 0 Å². The van der Waals surface area contributed by atoms with Gasteiger partial charge in [0.1, 0.15) is 0 Å². The van der Waals surface area contributed by atoms with Gasteiger partial charge >= 0.3 is 0 Å². The monoisotopic (exact) mass is 268 g/mol. The molecule has 1 aliphatic rings. The van der Waals surface area contributed by atoms with Crippen LogP contribution in [0.4, 0.5) is 8.78 Å². The van der Waals surface area contributed by atoms with E-state index in [1.54, 1.807) is 0 Å². The quantitative estimate of drug-likeness (QED) is 0.778. The van der Waals surface area contributed by atoms with E-state index < -0.39 is 11.6 Å². The number of carbonyl (C=O) groups excluding carboxylic acids is 1. The molecule has 3 nitrogen and oxygen atoms in total. The van der Waals surface area contributed by atoms with Crippen LogP contribution in [0.2, 0.25) is 0 Å². The molecule has 0 saturated carbocycles. The van der Waals surface area contributed by atoms with Crippen LogP contribution in [-0.4, -0.2) is 55.4 Å². The average Bonchev–Trinajstić information content (AvgIpc) is 2.41. The minimum absolute atomic E-state index is 0.141. The van der Waals surface area contributed by atoms with Crippen molar-refractivity contribution in [2.75, 3.05) is 39.8 Å². The lowest BCUT2D eigenvalue weighted by Crippen LogP contribution is -2.45. The molecule has 2 rings (SSSR count). The molecule has 104 valence electrons. The van der Waals surface area contributed by atoms with Gasteiger partial charge in [-0.15, -0.1) is 0 Å². The third-order valence-electron chi connectivity index (χ3n) is 3.49. The smallest absolute Gasteiger partial charge is 0.164 e. The van der Waals surface area contributed by atoms with Gasteiger partial charge in [-0.05, 0) is 25.2 Å². The summed E-state index contributed by atoms with van der Waals surface area (Å²) in [6.07, 6.45) is 0.342. The van der Waals surface area contributed by atoms with Crippen molar-refractivity contribution in [1.82, 2.24) is 9.80 Å². The number of likely N-dealkylation sites (N-methyl/N-ethyl adjacent to an activating group) is 1. The van der Waals surface area contributed by atoms with E-state index in [0.717, 1.165) is 38.3 Å². The number of piperazine rings is 1. The molecule has 0 aromatic heterocycles. The fourth-order valence-electron chi connectivity index (χ4n) is 2.15. The Balaban J connectivity index is 1.85. The van der Waals surface area contributed by atoms with Crippen molar-refractivity contribution in [3.63, 3.8) is 0 Å². The maximum Gasteiger partial charge on any atom is 0.164 e. The van der Waals surface area contributed by atoms with Gasteiger partial charge in [0.05, 0.1) is 0 Å². The Morgan fingerprint density at radius 1 is 1.16 bits per heavy atom. The molecule has 1 aliphatic heterocycles. The number of ketones is 1. The summed E-state index contributed by atoms with van der Waals surface area (Å²) in [7, 11) is 2.07. The molecule has 0 N–H and O–H groups in total. The minimum Gasteiger partial charge on any atom is -0.304 e. The van der Waals surface area contributed by atoms with Gasteiger partial charge in [-0.3, -0.25) is 4.79 Å². The second-order valence-corrected chi connectivity index (χ2v) is 4.95. The van der Waals surface area contributed by atoms with Gasteiger partial charge in [0, 0.05) is 44.7 Å². The third kappa shape index (κ3) is 3.81. The van der Waals surface area contributed by atoms with Crippen molar-refractivity contribution >= 4 is 5.78 Å². The second kappa shape index (κ2) is 6.21. The number of halogens is 2. The first-order valence-electron chi connectivity index (χ1n) is 6.45. The maximum atomic E-state index is 13.0. The van der Waals surface area contributed by atoms with E-state index in [1.165, 1.54) is 6.07 Å². The zero-order valence-corrected chi connectivity index (χ0v) is 11.0. The molecule has 0 aliphatic carbocycles. The second-order valence-electron chi connectivity index (χ2n) is 4.95. The molecule has 0 spiro atoms. The lowest BCUT2D eigenvalue weighted by Gasteiger charge is -2.32. The summed E-state index contributed by atoms with van der Waals surface area (Å²) < 4.78 is 25.8. The zero-order chi connectivity index (χ0) is 13.8. The summed E-state index contributed by atoms with van der Waals surface area (Å²) >= 11 is 0. The van der Waals surface area contributed by atoms with Crippen molar-refractivity contribution in [2.24, 2.45) is 0 Å². The van der Waals surface area contributed by atoms with Crippen molar-refractivity contribution < 1.29 is 13.6 Å². The number of Topliss-reactive ketones (excluding diaryl/α,β-unsaturated/α-hetero) is 1. The Labute approximate surface area is 111 Å². The predicted octanol–water partition coefficient (Wildman–Crippen LogP) is 1.78. The van der Waals surface area contributed by atoms with Gasteiger partial charge < -0.3 is 9.80 Å². The Hall–Kier alpha value is -1.33. The van der Waals surface area contributed by atoms with Crippen LogP contribution in [0.3, 0.4) is 0 Å². The summed E-state index contributed by atoms with van der Waals surface area (Å²) in [5, 5.41) is 0. The number of benzene rings is 1. The van der Waals surface area contributed by atoms with Gasteiger partial charge in [0.15, 0.2) is 17.4 Å². The van der Waals surface area contributed by atoms with E-state index in [0.29, 0.717) is 13.0 Å². The summed E-state index contributed by atoms with van der Waals surface area (Å²) in [5.74, 6) is -2.03. The molecule has 1 fully saturated rings. The van der Waals surface area contributed by atoms with Crippen molar-refractivity contribution in [1.29, 1.82) is 0 Å². The first-order chi connectivity index (χ1) is 9.06. The highest BCUT2D eigenvalue weighted by Crippen LogP contribution is 2.11. The highest BCUT2D eigenvalue weighted by molar-refractivity contribution is 5.96. The van der Waals surface area contributed by atoms with Crippen molar-refractivity contribution in [3.05, 3.63) is 35.4 Å².